The Hall–Kier alpha value is -3.03. The summed E-state index contributed by atoms with van der Waals surface area (Å²) in [4.78, 5) is 26.8. The maximum Gasteiger partial charge on any atom is 0.416 e. The van der Waals surface area contributed by atoms with Gasteiger partial charge in [-0.25, -0.2) is 4.79 Å². The molecule has 1 fully saturated rings. The van der Waals surface area contributed by atoms with Crippen LogP contribution in [0.25, 0.3) is 0 Å². The molecule has 1 aliphatic heterocycles. The molecule has 1 unspecified atom stereocenters. The Morgan fingerprint density at radius 2 is 1.86 bits per heavy atom. The minimum atomic E-state index is -4.51. The number of Topliss-reactive ketones (excluding diaryl/α,β-unsaturated/α-hetero) is 1. The fourth-order valence-corrected chi connectivity index (χ4v) is 3.34. The maximum absolute atomic E-state index is 12.9. The standard InChI is InChI=1S/C21H21F3N2O3/c1-29-18-9-7-17(8-10-18)25-20(28)26-11-3-5-15(13-26)19(27)14-4-2-6-16(12-14)21(22,23)24/h2,4,6-10,12,15H,3,5,11,13H2,1H3,(H,25,28). The van der Waals surface area contributed by atoms with Crippen molar-refractivity contribution in [2.24, 2.45) is 5.92 Å². The smallest absolute Gasteiger partial charge is 0.416 e. The molecule has 1 heterocycles. The van der Waals surface area contributed by atoms with E-state index < -0.39 is 17.7 Å². The van der Waals surface area contributed by atoms with Crippen molar-refractivity contribution in [2.75, 3.05) is 25.5 Å². The lowest BCUT2D eigenvalue weighted by Gasteiger charge is -2.32. The number of alkyl halides is 3. The van der Waals surface area contributed by atoms with Crippen LogP contribution in [0.1, 0.15) is 28.8 Å². The molecule has 5 nitrogen and oxygen atoms in total. The molecule has 154 valence electrons. The number of hydrogen-bond acceptors (Lipinski definition) is 3. The number of benzene rings is 2. The average Bonchev–Trinajstić information content (AvgIpc) is 2.73. The number of ketones is 1. The van der Waals surface area contributed by atoms with E-state index in [1.54, 1.807) is 31.4 Å². The van der Waals surface area contributed by atoms with Crippen molar-refractivity contribution in [1.82, 2.24) is 4.90 Å². The van der Waals surface area contributed by atoms with Crippen LogP contribution < -0.4 is 10.1 Å². The van der Waals surface area contributed by atoms with Gasteiger partial charge in [-0.15, -0.1) is 0 Å². The first-order chi connectivity index (χ1) is 13.8. The van der Waals surface area contributed by atoms with Crippen molar-refractivity contribution in [3.05, 3.63) is 59.7 Å². The van der Waals surface area contributed by atoms with E-state index in [2.05, 4.69) is 5.32 Å². The lowest BCUT2D eigenvalue weighted by Crippen LogP contribution is -2.44. The first kappa shape index (κ1) is 20.7. The van der Waals surface area contributed by atoms with Crippen LogP contribution in [0.3, 0.4) is 0 Å². The Morgan fingerprint density at radius 3 is 2.52 bits per heavy atom. The second-order valence-corrected chi connectivity index (χ2v) is 6.89. The van der Waals surface area contributed by atoms with E-state index in [0.717, 1.165) is 12.1 Å². The van der Waals surface area contributed by atoms with Crippen LogP contribution in [0, 0.1) is 5.92 Å². The number of amides is 2. The van der Waals surface area contributed by atoms with Crippen molar-refractivity contribution in [2.45, 2.75) is 19.0 Å². The fraction of sp³-hybridized carbons (Fsp3) is 0.333. The third-order valence-corrected chi connectivity index (χ3v) is 4.90. The van der Waals surface area contributed by atoms with Crippen LogP contribution in [-0.2, 0) is 6.18 Å². The fourth-order valence-electron chi connectivity index (χ4n) is 3.34. The molecule has 0 aromatic heterocycles. The van der Waals surface area contributed by atoms with Crippen LogP contribution in [0.15, 0.2) is 48.5 Å². The van der Waals surface area contributed by atoms with Gasteiger partial charge >= 0.3 is 12.2 Å². The van der Waals surface area contributed by atoms with Crippen molar-refractivity contribution >= 4 is 17.5 Å². The molecule has 0 spiro atoms. The molecule has 1 aliphatic rings. The number of piperidine rings is 1. The normalized spacial score (nSPS) is 17.0. The van der Waals surface area contributed by atoms with Gasteiger partial charge in [0.05, 0.1) is 12.7 Å². The van der Waals surface area contributed by atoms with Crippen molar-refractivity contribution in [3.63, 3.8) is 0 Å². The second-order valence-electron chi connectivity index (χ2n) is 6.89. The van der Waals surface area contributed by atoms with Crippen LogP contribution in [0.4, 0.5) is 23.7 Å². The Balaban J connectivity index is 1.66. The van der Waals surface area contributed by atoms with E-state index >= 15 is 0 Å². The number of likely N-dealkylation sites (tertiary alicyclic amines) is 1. The molecule has 29 heavy (non-hydrogen) atoms. The maximum atomic E-state index is 12.9. The number of carbonyl (C=O) groups is 2. The SMILES string of the molecule is COc1ccc(NC(=O)N2CCCC(C(=O)c3cccc(C(F)(F)F)c3)C2)cc1. The molecule has 1 N–H and O–H groups in total. The largest absolute Gasteiger partial charge is 0.497 e. The van der Waals surface area contributed by atoms with Gasteiger partial charge in [-0.05, 0) is 49.2 Å². The number of nitrogens with one attached hydrogen (secondary N) is 1. The quantitative estimate of drug-likeness (QED) is 0.739. The highest BCUT2D eigenvalue weighted by molar-refractivity contribution is 5.99. The number of hydrogen-bond donors (Lipinski definition) is 1. The molecule has 0 aliphatic carbocycles. The van der Waals surface area contributed by atoms with Gasteiger partial charge in [0.15, 0.2) is 5.78 Å². The van der Waals surface area contributed by atoms with Crippen LogP contribution in [0.2, 0.25) is 0 Å². The summed E-state index contributed by atoms with van der Waals surface area (Å²) in [5.74, 6) is -0.250. The number of rotatable bonds is 4. The van der Waals surface area contributed by atoms with E-state index in [1.807, 2.05) is 0 Å². The molecule has 2 aromatic carbocycles. The average molecular weight is 406 g/mol. The number of ether oxygens (including phenoxy) is 1. The van der Waals surface area contributed by atoms with E-state index in [-0.39, 0.29) is 23.9 Å². The van der Waals surface area contributed by atoms with Gasteiger partial charge in [-0.3, -0.25) is 4.79 Å². The second kappa shape index (κ2) is 8.55. The van der Waals surface area contributed by atoms with E-state index in [1.165, 1.54) is 17.0 Å². The Labute approximate surface area is 166 Å². The predicted octanol–water partition coefficient (Wildman–Crippen LogP) is 4.84. The molecule has 0 saturated carbocycles. The predicted molar refractivity (Wildman–Crippen MR) is 102 cm³/mol. The monoisotopic (exact) mass is 406 g/mol. The van der Waals surface area contributed by atoms with Gasteiger partial charge in [0.25, 0.3) is 0 Å². The summed E-state index contributed by atoms with van der Waals surface area (Å²) in [6, 6.07) is 10.9. The molecule has 0 radical (unpaired) electrons. The zero-order valence-electron chi connectivity index (χ0n) is 15.8. The summed E-state index contributed by atoms with van der Waals surface area (Å²) in [6.45, 7) is 0.644. The summed E-state index contributed by atoms with van der Waals surface area (Å²) in [7, 11) is 1.54. The van der Waals surface area contributed by atoms with Gasteiger partial charge in [0.2, 0.25) is 0 Å². The highest BCUT2D eigenvalue weighted by Crippen LogP contribution is 2.31. The first-order valence-corrected chi connectivity index (χ1v) is 9.19. The highest BCUT2D eigenvalue weighted by Gasteiger charge is 2.33. The zero-order chi connectivity index (χ0) is 21.0. The summed E-state index contributed by atoms with van der Waals surface area (Å²) >= 11 is 0. The Kier molecular flexibility index (Phi) is 6.10. The Bertz CT molecular complexity index is 881. The summed E-state index contributed by atoms with van der Waals surface area (Å²) in [5, 5.41) is 2.76. The molecular weight excluding hydrogens is 385 g/mol. The first-order valence-electron chi connectivity index (χ1n) is 9.19. The number of nitrogens with zero attached hydrogens (tertiary/aromatic N) is 1. The van der Waals surface area contributed by atoms with Gasteiger partial charge < -0.3 is 15.0 Å². The molecule has 2 aromatic rings. The van der Waals surface area contributed by atoms with Crippen LogP contribution >= 0.6 is 0 Å². The summed E-state index contributed by atoms with van der Waals surface area (Å²) < 4.78 is 43.8. The Morgan fingerprint density at radius 1 is 1.14 bits per heavy atom. The number of halogens is 3. The van der Waals surface area contributed by atoms with Crippen molar-refractivity contribution < 1.29 is 27.5 Å². The number of carbonyl (C=O) groups excluding carboxylic acids is 2. The van der Waals surface area contributed by atoms with Crippen molar-refractivity contribution in [3.8, 4) is 5.75 Å². The molecule has 1 saturated heterocycles. The molecular formula is C21H21F3N2O3. The van der Waals surface area contributed by atoms with Gasteiger partial charge in [0, 0.05) is 30.3 Å². The van der Waals surface area contributed by atoms with E-state index in [0.29, 0.717) is 30.8 Å². The summed E-state index contributed by atoms with van der Waals surface area (Å²) in [5.41, 5.74) is -0.252. The van der Waals surface area contributed by atoms with Gasteiger partial charge in [0.1, 0.15) is 5.75 Å². The van der Waals surface area contributed by atoms with Crippen molar-refractivity contribution in [1.29, 1.82) is 0 Å². The number of anilines is 1. The number of urea groups is 1. The number of methoxy groups -OCH3 is 1. The minimum Gasteiger partial charge on any atom is -0.497 e. The highest BCUT2D eigenvalue weighted by atomic mass is 19.4. The molecule has 2 amide bonds. The zero-order valence-corrected chi connectivity index (χ0v) is 15.8. The molecule has 0 bridgehead atoms. The summed E-state index contributed by atoms with van der Waals surface area (Å²) in [6.07, 6.45) is -3.38. The molecule has 3 rings (SSSR count). The lowest BCUT2D eigenvalue weighted by atomic mass is 9.89. The van der Waals surface area contributed by atoms with E-state index in [4.69, 9.17) is 4.74 Å². The van der Waals surface area contributed by atoms with Crippen LogP contribution in [0.5, 0.6) is 5.75 Å². The topological polar surface area (TPSA) is 58.6 Å². The third-order valence-electron chi connectivity index (χ3n) is 4.90. The lowest BCUT2D eigenvalue weighted by molar-refractivity contribution is -0.137. The van der Waals surface area contributed by atoms with Gasteiger partial charge in [-0.1, -0.05) is 12.1 Å². The van der Waals surface area contributed by atoms with Crippen LogP contribution in [-0.4, -0.2) is 36.9 Å². The van der Waals surface area contributed by atoms with E-state index in [9.17, 15) is 22.8 Å². The molecule has 8 heteroatoms. The minimum absolute atomic E-state index is 0.0160. The van der Waals surface area contributed by atoms with Gasteiger partial charge in [-0.2, -0.15) is 13.2 Å². The third kappa shape index (κ3) is 5.07. The molecule has 1 atom stereocenters.